The fourth-order valence-electron chi connectivity index (χ4n) is 3.32. The van der Waals surface area contributed by atoms with Crippen LogP contribution in [0.15, 0.2) is 47.4 Å². The Morgan fingerprint density at radius 3 is 2.45 bits per heavy atom. The Labute approximate surface area is 182 Å². The molecule has 0 spiro atoms. The number of aryl methyl sites for hydroxylation is 3. The number of urea groups is 1. The summed E-state index contributed by atoms with van der Waals surface area (Å²) in [6.45, 7) is 4.02. The van der Waals surface area contributed by atoms with Crippen molar-refractivity contribution in [2.24, 2.45) is 7.05 Å². The lowest BCUT2D eigenvalue weighted by molar-refractivity contribution is -0.137. The average Bonchev–Trinajstić information content (AvgIpc) is 3.17. The zero-order valence-electron chi connectivity index (χ0n) is 17.3. The number of amides is 2. The lowest BCUT2D eigenvalue weighted by atomic mass is 10.0. The van der Waals surface area contributed by atoms with Crippen molar-refractivity contribution in [3.05, 3.63) is 69.0 Å². The summed E-state index contributed by atoms with van der Waals surface area (Å²) in [5.74, 6) is -1.45. The molecule has 4 N–H and O–H groups in total. The first kappa shape index (κ1) is 22.1. The Morgan fingerprint density at radius 1 is 1.13 bits per heavy atom. The van der Waals surface area contributed by atoms with Crippen LogP contribution in [0.4, 0.5) is 10.5 Å². The summed E-state index contributed by atoms with van der Waals surface area (Å²) in [5, 5.41) is 24.1. The molecule has 0 aliphatic rings. The van der Waals surface area contributed by atoms with Gasteiger partial charge in [0.2, 0.25) is 0 Å². The number of carboxylic acids is 1. The molecule has 31 heavy (non-hydrogen) atoms. The molecule has 2 aromatic heterocycles. The molecular formula is C22H23N3O5S. The van der Waals surface area contributed by atoms with Crippen LogP contribution in [0.1, 0.15) is 28.5 Å². The van der Waals surface area contributed by atoms with Gasteiger partial charge in [-0.3, -0.25) is 9.59 Å². The first-order valence-corrected chi connectivity index (χ1v) is 10.3. The third kappa shape index (κ3) is 4.95. The summed E-state index contributed by atoms with van der Waals surface area (Å²) in [6, 6.07) is 9.38. The lowest BCUT2D eigenvalue weighted by Gasteiger charge is -2.17. The summed E-state index contributed by atoms with van der Waals surface area (Å²) >= 11 is 1.40. The van der Waals surface area contributed by atoms with Crippen LogP contribution in [-0.4, -0.2) is 26.8 Å². The van der Waals surface area contributed by atoms with Crippen molar-refractivity contribution in [3.8, 4) is 16.2 Å². The summed E-state index contributed by atoms with van der Waals surface area (Å²) in [6.07, 6.45) is 1.04. The molecule has 2 heterocycles. The van der Waals surface area contributed by atoms with Crippen LogP contribution in [-0.2, 0) is 11.8 Å². The maximum absolute atomic E-state index is 12.5. The number of anilines is 1. The molecule has 0 aliphatic heterocycles. The average molecular weight is 442 g/mol. The number of hydrogen-bond acceptors (Lipinski definition) is 5. The standard InChI is InChI=1S/C22H23N3O5S/c1-12-5-4-6-13(2)19(12)17-8-7-16(31-17)14(11-18(27)28)23-22(30)24-20-15(26)9-10-25(3)21(20)29/h4-10,14,26H,11H2,1-3H3,(H,27,28)(H2,23,24,30)/t14-/m0/s1. The second kappa shape index (κ2) is 9.05. The molecule has 8 nitrogen and oxygen atoms in total. The van der Waals surface area contributed by atoms with Gasteiger partial charge in [-0.15, -0.1) is 11.3 Å². The number of rotatable bonds is 6. The number of thiophene rings is 1. The largest absolute Gasteiger partial charge is 0.505 e. The van der Waals surface area contributed by atoms with E-state index in [1.54, 1.807) is 6.07 Å². The molecule has 1 atom stereocenters. The van der Waals surface area contributed by atoms with E-state index in [9.17, 15) is 24.6 Å². The predicted molar refractivity (Wildman–Crippen MR) is 120 cm³/mol. The highest BCUT2D eigenvalue weighted by atomic mass is 32.1. The van der Waals surface area contributed by atoms with Gasteiger partial charge in [0, 0.05) is 23.0 Å². The van der Waals surface area contributed by atoms with Crippen LogP contribution in [0.5, 0.6) is 5.75 Å². The maximum atomic E-state index is 12.5. The minimum absolute atomic E-state index is 0.279. The molecule has 0 unspecified atom stereocenters. The molecule has 162 valence electrons. The fraction of sp³-hybridized carbons (Fsp3) is 0.227. The van der Waals surface area contributed by atoms with E-state index < -0.39 is 23.6 Å². The van der Waals surface area contributed by atoms with Crippen LogP contribution >= 0.6 is 11.3 Å². The van der Waals surface area contributed by atoms with E-state index in [0.717, 1.165) is 21.6 Å². The minimum Gasteiger partial charge on any atom is -0.505 e. The van der Waals surface area contributed by atoms with Crippen molar-refractivity contribution in [1.29, 1.82) is 0 Å². The highest BCUT2D eigenvalue weighted by Crippen LogP contribution is 2.36. The van der Waals surface area contributed by atoms with Crippen molar-refractivity contribution < 1.29 is 19.8 Å². The molecule has 0 fully saturated rings. The van der Waals surface area contributed by atoms with Gasteiger partial charge in [-0.1, -0.05) is 18.2 Å². The second-order valence-electron chi connectivity index (χ2n) is 7.21. The Balaban J connectivity index is 1.86. The molecule has 1 aromatic carbocycles. The van der Waals surface area contributed by atoms with Crippen molar-refractivity contribution in [2.45, 2.75) is 26.3 Å². The normalized spacial score (nSPS) is 11.7. The molecule has 0 aliphatic carbocycles. The van der Waals surface area contributed by atoms with Gasteiger partial charge in [-0.2, -0.15) is 0 Å². The van der Waals surface area contributed by atoms with Gasteiger partial charge in [0.25, 0.3) is 5.56 Å². The molecule has 3 aromatic rings. The monoisotopic (exact) mass is 441 g/mol. The van der Waals surface area contributed by atoms with E-state index in [1.807, 2.05) is 38.1 Å². The lowest BCUT2D eigenvalue weighted by Crippen LogP contribution is -2.35. The number of benzene rings is 1. The third-order valence-electron chi connectivity index (χ3n) is 4.87. The van der Waals surface area contributed by atoms with Gasteiger partial charge in [0.15, 0.2) is 5.69 Å². The minimum atomic E-state index is -1.08. The predicted octanol–water partition coefficient (Wildman–Crippen LogP) is 3.77. The van der Waals surface area contributed by atoms with Gasteiger partial charge in [0.1, 0.15) is 5.75 Å². The number of nitrogens with one attached hydrogen (secondary N) is 2. The smallest absolute Gasteiger partial charge is 0.320 e. The molecule has 9 heteroatoms. The van der Waals surface area contributed by atoms with Crippen LogP contribution < -0.4 is 16.2 Å². The van der Waals surface area contributed by atoms with Crippen molar-refractivity contribution in [3.63, 3.8) is 0 Å². The second-order valence-corrected chi connectivity index (χ2v) is 8.33. The number of aromatic nitrogens is 1. The van der Waals surface area contributed by atoms with Crippen molar-refractivity contribution >= 4 is 29.0 Å². The van der Waals surface area contributed by atoms with Crippen molar-refractivity contribution in [1.82, 2.24) is 9.88 Å². The third-order valence-corrected chi connectivity index (χ3v) is 6.08. The quantitative estimate of drug-likeness (QED) is 0.464. The van der Waals surface area contributed by atoms with Crippen LogP contribution in [0, 0.1) is 13.8 Å². The molecule has 0 bridgehead atoms. The summed E-state index contributed by atoms with van der Waals surface area (Å²) in [7, 11) is 1.48. The zero-order chi connectivity index (χ0) is 22.7. The Bertz CT molecular complexity index is 1180. The first-order valence-electron chi connectivity index (χ1n) is 9.51. The Kier molecular flexibility index (Phi) is 6.45. The molecule has 3 rings (SSSR count). The Hall–Kier alpha value is -3.59. The van der Waals surface area contributed by atoms with Gasteiger partial charge in [-0.25, -0.2) is 4.79 Å². The molecule has 2 amide bonds. The van der Waals surface area contributed by atoms with E-state index in [-0.39, 0.29) is 17.9 Å². The number of aromatic hydroxyl groups is 1. The van der Waals surface area contributed by atoms with E-state index in [4.69, 9.17) is 0 Å². The van der Waals surface area contributed by atoms with Gasteiger partial charge in [0.05, 0.1) is 12.5 Å². The fourth-order valence-corrected chi connectivity index (χ4v) is 4.55. The van der Waals surface area contributed by atoms with Gasteiger partial charge < -0.3 is 25.4 Å². The van der Waals surface area contributed by atoms with E-state index in [0.29, 0.717) is 4.88 Å². The zero-order valence-corrected chi connectivity index (χ0v) is 18.1. The van der Waals surface area contributed by atoms with E-state index >= 15 is 0 Å². The SMILES string of the molecule is Cc1cccc(C)c1-c1ccc([C@H](CC(=O)O)NC(=O)Nc2c(O)ccn(C)c2=O)s1. The Morgan fingerprint density at radius 2 is 1.81 bits per heavy atom. The van der Waals surface area contributed by atoms with Crippen LogP contribution in [0.25, 0.3) is 10.4 Å². The number of carbonyl (C=O) groups excluding carboxylic acids is 1. The van der Waals surface area contributed by atoms with E-state index in [2.05, 4.69) is 10.6 Å². The van der Waals surface area contributed by atoms with Gasteiger partial charge in [-0.05, 0) is 48.7 Å². The number of hydrogen-bond donors (Lipinski definition) is 4. The number of carbonyl (C=O) groups is 2. The maximum Gasteiger partial charge on any atom is 0.320 e. The summed E-state index contributed by atoms with van der Waals surface area (Å²) in [4.78, 5) is 37.7. The number of aliphatic carboxylic acids is 1. The number of carboxylic acid groups (broad SMARTS) is 1. The van der Waals surface area contributed by atoms with Crippen LogP contribution in [0.3, 0.4) is 0 Å². The highest BCUT2D eigenvalue weighted by molar-refractivity contribution is 7.15. The molecule has 0 saturated heterocycles. The van der Waals surface area contributed by atoms with Crippen molar-refractivity contribution in [2.75, 3.05) is 5.32 Å². The highest BCUT2D eigenvalue weighted by Gasteiger charge is 2.22. The van der Waals surface area contributed by atoms with Gasteiger partial charge >= 0.3 is 12.0 Å². The first-order chi connectivity index (χ1) is 14.7. The molecular weight excluding hydrogens is 418 g/mol. The number of nitrogens with zero attached hydrogens (tertiary/aromatic N) is 1. The summed E-state index contributed by atoms with van der Waals surface area (Å²) in [5.41, 5.74) is 2.42. The van der Waals surface area contributed by atoms with Crippen LogP contribution in [0.2, 0.25) is 0 Å². The summed E-state index contributed by atoms with van der Waals surface area (Å²) < 4.78 is 1.21. The number of pyridine rings is 1. The van der Waals surface area contributed by atoms with E-state index in [1.165, 1.54) is 35.2 Å². The molecule has 0 radical (unpaired) electrons. The molecule has 0 saturated carbocycles. The topological polar surface area (TPSA) is 121 Å².